The second-order valence-corrected chi connectivity index (χ2v) is 5.02. The molecule has 0 aromatic heterocycles. The van der Waals surface area contributed by atoms with E-state index in [0.29, 0.717) is 11.1 Å². The van der Waals surface area contributed by atoms with Crippen molar-refractivity contribution in [2.24, 2.45) is 0 Å². The first-order valence-corrected chi connectivity index (χ1v) is 6.51. The number of anilines is 1. The van der Waals surface area contributed by atoms with E-state index in [1.54, 1.807) is 6.07 Å². The molecule has 0 fully saturated rings. The number of ketones is 2. The fourth-order valence-electron chi connectivity index (χ4n) is 2.76. The summed E-state index contributed by atoms with van der Waals surface area (Å²) < 4.78 is 0. The van der Waals surface area contributed by atoms with Crippen LogP contribution < -0.4 is 5.32 Å². The molecule has 1 N–H and O–H groups in total. The predicted octanol–water partition coefficient (Wildman–Crippen LogP) is 2.70. The van der Waals surface area contributed by atoms with Crippen molar-refractivity contribution < 1.29 is 14.4 Å². The summed E-state index contributed by atoms with van der Waals surface area (Å²) in [7, 11) is 0. The summed E-state index contributed by atoms with van der Waals surface area (Å²) in [5.74, 6) is -2.62. The lowest BCUT2D eigenvalue weighted by molar-refractivity contribution is -0.132. The van der Waals surface area contributed by atoms with Gasteiger partial charge < -0.3 is 5.32 Å². The SMILES string of the molecule is O=C1Nc2ccc3cc4ccccc4cc3c2C(=O)C1=O. The normalized spacial score (nSPS) is 14.4. The number of hydrogen-bond donors (Lipinski definition) is 1. The first kappa shape index (κ1) is 11.8. The third kappa shape index (κ3) is 1.59. The van der Waals surface area contributed by atoms with Crippen LogP contribution in [0.2, 0.25) is 0 Å². The van der Waals surface area contributed by atoms with Crippen molar-refractivity contribution in [3.05, 3.63) is 54.1 Å². The molecule has 0 radical (unpaired) electrons. The van der Waals surface area contributed by atoms with Gasteiger partial charge in [-0.1, -0.05) is 30.3 Å². The smallest absolute Gasteiger partial charge is 0.300 e. The molecule has 0 atom stereocenters. The third-order valence-electron chi connectivity index (χ3n) is 3.77. The molecule has 100 valence electrons. The lowest BCUT2D eigenvalue weighted by Crippen LogP contribution is -2.35. The monoisotopic (exact) mass is 275 g/mol. The van der Waals surface area contributed by atoms with E-state index in [4.69, 9.17) is 0 Å². The Labute approximate surface area is 119 Å². The van der Waals surface area contributed by atoms with Gasteiger partial charge in [-0.05, 0) is 39.7 Å². The van der Waals surface area contributed by atoms with Crippen molar-refractivity contribution in [2.75, 3.05) is 5.32 Å². The zero-order valence-corrected chi connectivity index (χ0v) is 10.8. The first-order valence-electron chi connectivity index (χ1n) is 6.51. The van der Waals surface area contributed by atoms with Crippen LogP contribution >= 0.6 is 0 Å². The van der Waals surface area contributed by atoms with Gasteiger partial charge in [0.15, 0.2) is 0 Å². The number of benzene rings is 3. The molecule has 1 aliphatic heterocycles. The highest BCUT2D eigenvalue weighted by Crippen LogP contribution is 2.32. The third-order valence-corrected chi connectivity index (χ3v) is 3.77. The molecule has 0 unspecified atom stereocenters. The van der Waals surface area contributed by atoms with E-state index in [0.717, 1.165) is 16.2 Å². The lowest BCUT2D eigenvalue weighted by atomic mass is 9.92. The van der Waals surface area contributed by atoms with E-state index in [2.05, 4.69) is 5.32 Å². The second-order valence-electron chi connectivity index (χ2n) is 5.02. The molecule has 4 rings (SSSR count). The molecule has 21 heavy (non-hydrogen) atoms. The van der Waals surface area contributed by atoms with E-state index in [-0.39, 0.29) is 5.56 Å². The summed E-state index contributed by atoms with van der Waals surface area (Å²) >= 11 is 0. The Bertz CT molecular complexity index is 972. The van der Waals surface area contributed by atoms with Gasteiger partial charge >= 0.3 is 0 Å². The van der Waals surface area contributed by atoms with Crippen molar-refractivity contribution in [2.45, 2.75) is 0 Å². The summed E-state index contributed by atoms with van der Waals surface area (Å²) in [6.45, 7) is 0. The summed E-state index contributed by atoms with van der Waals surface area (Å²) in [6.07, 6.45) is 0. The van der Waals surface area contributed by atoms with Crippen LogP contribution in [0.15, 0.2) is 48.5 Å². The Morgan fingerprint density at radius 1 is 0.714 bits per heavy atom. The highest BCUT2D eigenvalue weighted by Gasteiger charge is 2.33. The minimum Gasteiger partial charge on any atom is -0.318 e. The van der Waals surface area contributed by atoms with Gasteiger partial charge in [0, 0.05) is 0 Å². The van der Waals surface area contributed by atoms with Gasteiger partial charge in [-0.25, -0.2) is 0 Å². The van der Waals surface area contributed by atoms with Crippen LogP contribution in [0.5, 0.6) is 0 Å². The van der Waals surface area contributed by atoms with Gasteiger partial charge in [0.25, 0.3) is 11.7 Å². The Balaban J connectivity index is 2.13. The molecule has 0 saturated carbocycles. The summed E-state index contributed by atoms with van der Waals surface area (Å²) in [5.41, 5.74) is 0.676. The van der Waals surface area contributed by atoms with Gasteiger partial charge in [0.1, 0.15) is 0 Å². The summed E-state index contributed by atoms with van der Waals surface area (Å²) in [4.78, 5) is 35.2. The van der Waals surface area contributed by atoms with Gasteiger partial charge in [0.05, 0.1) is 11.3 Å². The maximum absolute atomic E-state index is 12.2. The highest BCUT2D eigenvalue weighted by atomic mass is 16.2. The van der Waals surface area contributed by atoms with Crippen LogP contribution in [0.25, 0.3) is 21.5 Å². The van der Waals surface area contributed by atoms with Crippen LogP contribution in [-0.2, 0) is 9.59 Å². The molecule has 0 aliphatic carbocycles. The van der Waals surface area contributed by atoms with Gasteiger partial charge in [-0.2, -0.15) is 0 Å². The molecule has 0 spiro atoms. The van der Waals surface area contributed by atoms with E-state index in [9.17, 15) is 14.4 Å². The minimum atomic E-state index is -1.01. The largest absolute Gasteiger partial charge is 0.318 e. The molecule has 4 nitrogen and oxygen atoms in total. The molecule has 4 heteroatoms. The van der Waals surface area contributed by atoms with Crippen LogP contribution in [-0.4, -0.2) is 17.5 Å². The number of hydrogen-bond acceptors (Lipinski definition) is 3. The molecule has 1 amide bonds. The lowest BCUT2D eigenvalue weighted by Gasteiger charge is -2.17. The molecule has 3 aromatic rings. The maximum atomic E-state index is 12.2. The second kappa shape index (κ2) is 3.99. The fourth-order valence-corrected chi connectivity index (χ4v) is 2.76. The molecule has 0 saturated heterocycles. The fraction of sp³-hybridized carbons (Fsp3) is 0. The highest BCUT2D eigenvalue weighted by molar-refractivity contribution is 6.71. The van der Waals surface area contributed by atoms with Crippen LogP contribution in [0, 0.1) is 0 Å². The van der Waals surface area contributed by atoms with Gasteiger partial charge in [-0.15, -0.1) is 0 Å². The zero-order chi connectivity index (χ0) is 14.6. The summed E-state index contributed by atoms with van der Waals surface area (Å²) in [5, 5.41) is 6.06. The van der Waals surface area contributed by atoms with Crippen molar-refractivity contribution in [1.29, 1.82) is 0 Å². The van der Waals surface area contributed by atoms with E-state index in [1.807, 2.05) is 42.5 Å². The number of carbonyl (C=O) groups excluding carboxylic acids is 3. The van der Waals surface area contributed by atoms with E-state index < -0.39 is 17.5 Å². The van der Waals surface area contributed by atoms with Crippen LogP contribution in [0.4, 0.5) is 5.69 Å². The minimum absolute atomic E-state index is 0.280. The number of carbonyl (C=O) groups is 3. The van der Waals surface area contributed by atoms with Crippen molar-refractivity contribution in [1.82, 2.24) is 0 Å². The first-order chi connectivity index (χ1) is 10.1. The quantitative estimate of drug-likeness (QED) is 0.507. The molecule has 1 aliphatic rings. The molecular weight excluding hydrogens is 266 g/mol. The van der Waals surface area contributed by atoms with Crippen LogP contribution in [0.3, 0.4) is 0 Å². The van der Waals surface area contributed by atoms with E-state index in [1.165, 1.54) is 0 Å². The molecule has 1 heterocycles. The molecular formula is C17H9NO3. The topological polar surface area (TPSA) is 63.2 Å². The Morgan fingerprint density at radius 2 is 1.43 bits per heavy atom. The van der Waals surface area contributed by atoms with Crippen molar-refractivity contribution >= 4 is 44.7 Å². The number of nitrogens with one attached hydrogen (secondary N) is 1. The standard InChI is InChI=1S/C17H9NO3/c19-15-14-12-8-10-4-2-1-3-9(10)7-11(12)5-6-13(14)18-17(21)16(15)20/h1-8H,(H,18,21). The van der Waals surface area contributed by atoms with Crippen LogP contribution in [0.1, 0.15) is 10.4 Å². The van der Waals surface area contributed by atoms with Crippen molar-refractivity contribution in [3.63, 3.8) is 0 Å². The maximum Gasteiger partial charge on any atom is 0.300 e. The summed E-state index contributed by atoms with van der Waals surface area (Å²) in [6, 6.07) is 15.1. The Hall–Kier alpha value is -3.01. The Kier molecular flexibility index (Phi) is 2.24. The number of Topliss-reactive ketones (excluding diaryl/α,β-unsaturated/α-hetero) is 2. The average Bonchev–Trinajstić information content (AvgIpc) is 2.50. The number of fused-ring (bicyclic) bond motifs is 4. The average molecular weight is 275 g/mol. The molecule has 0 bridgehead atoms. The van der Waals surface area contributed by atoms with Crippen molar-refractivity contribution in [3.8, 4) is 0 Å². The van der Waals surface area contributed by atoms with Gasteiger partial charge in [-0.3, -0.25) is 14.4 Å². The number of amides is 1. The Morgan fingerprint density at radius 3 is 2.19 bits per heavy atom. The predicted molar refractivity (Wildman–Crippen MR) is 79.4 cm³/mol. The van der Waals surface area contributed by atoms with E-state index >= 15 is 0 Å². The number of rotatable bonds is 0. The zero-order valence-electron chi connectivity index (χ0n) is 10.8. The molecule has 3 aromatic carbocycles. The van der Waals surface area contributed by atoms with Gasteiger partial charge in [0.2, 0.25) is 5.78 Å².